The fraction of sp³-hybridized carbons (Fsp3) is 0.286. The predicted molar refractivity (Wildman–Crippen MR) is 101 cm³/mol. The third-order valence-electron chi connectivity index (χ3n) is 5.20. The SMILES string of the molecule is O=C(C1=NN(c2ccc(F)cc2)C(=O)CC1)N1CC(c2cccc(C(F)(F)F)c2)C1. The molecule has 2 aliphatic heterocycles. The van der Waals surface area contributed by atoms with Crippen molar-refractivity contribution in [2.45, 2.75) is 24.9 Å². The van der Waals surface area contributed by atoms with Crippen molar-refractivity contribution in [1.82, 2.24) is 4.90 Å². The van der Waals surface area contributed by atoms with Crippen LogP contribution in [-0.4, -0.2) is 35.5 Å². The molecule has 1 fully saturated rings. The van der Waals surface area contributed by atoms with E-state index in [1.165, 1.54) is 35.2 Å². The fourth-order valence-electron chi connectivity index (χ4n) is 3.50. The van der Waals surface area contributed by atoms with Crippen LogP contribution in [0.15, 0.2) is 53.6 Å². The molecule has 30 heavy (non-hydrogen) atoms. The molecule has 0 bridgehead atoms. The van der Waals surface area contributed by atoms with E-state index in [1.54, 1.807) is 6.07 Å². The van der Waals surface area contributed by atoms with E-state index in [4.69, 9.17) is 0 Å². The second-order valence-corrected chi connectivity index (χ2v) is 7.26. The molecule has 0 aromatic heterocycles. The van der Waals surface area contributed by atoms with Gasteiger partial charge in [-0.15, -0.1) is 0 Å². The number of hydrazone groups is 1. The Morgan fingerprint density at radius 1 is 1.03 bits per heavy atom. The van der Waals surface area contributed by atoms with Crippen LogP contribution in [0.5, 0.6) is 0 Å². The normalized spacial score (nSPS) is 17.6. The number of rotatable bonds is 3. The van der Waals surface area contributed by atoms with Gasteiger partial charge in [-0.05, 0) is 35.9 Å². The van der Waals surface area contributed by atoms with Gasteiger partial charge in [-0.25, -0.2) is 9.40 Å². The Morgan fingerprint density at radius 2 is 1.73 bits per heavy atom. The summed E-state index contributed by atoms with van der Waals surface area (Å²) >= 11 is 0. The maximum Gasteiger partial charge on any atom is 0.416 e. The highest BCUT2D eigenvalue weighted by molar-refractivity contribution is 6.40. The molecule has 156 valence electrons. The van der Waals surface area contributed by atoms with Crippen molar-refractivity contribution in [3.05, 3.63) is 65.5 Å². The Bertz CT molecular complexity index is 1010. The zero-order valence-corrected chi connectivity index (χ0v) is 15.7. The minimum atomic E-state index is -4.41. The van der Waals surface area contributed by atoms with Gasteiger partial charge in [0, 0.05) is 31.8 Å². The number of anilines is 1. The van der Waals surface area contributed by atoms with E-state index in [2.05, 4.69) is 5.10 Å². The van der Waals surface area contributed by atoms with Crippen LogP contribution >= 0.6 is 0 Å². The van der Waals surface area contributed by atoms with Crippen LogP contribution in [0.3, 0.4) is 0 Å². The summed E-state index contributed by atoms with van der Waals surface area (Å²) < 4.78 is 51.8. The Labute approximate surface area is 169 Å². The topological polar surface area (TPSA) is 53.0 Å². The number of carbonyl (C=O) groups excluding carboxylic acids is 2. The lowest BCUT2D eigenvalue weighted by Crippen LogP contribution is -2.52. The van der Waals surface area contributed by atoms with Gasteiger partial charge < -0.3 is 4.90 Å². The van der Waals surface area contributed by atoms with Crippen molar-refractivity contribution in [3.63, 3.8) is 0 Å². The molecule has 0 radical (unpaired) electrons. The molecule has 5 nitrogen and oxygen atoms in total. The van der Waals surface area contributed by atoms with Gasteiger partial charge in [-0.1, -0.05) is 18.2 Å². The van der Waals surface area contributed by atoms with Gasteiger partial charge in [-0.3, -0.25) is 9.59 Å². The van der Waals surface area contributed by atoms with Gasteiger partial charge in [0.1, 0.15) is 11.5 Å². The standard InChI is InChI=1S/C21H17F4N3O2/c22-16-4-6-17(7-5-16)28-19(29)9-8-18(26-28)20(30)27-11-14(12-27)13-2-1-3-15(10-13)21(23,24)25/h1-7,10,14H,8-9,11-12H2. The molecular formula is C21H17F4N3O2. The Balaban J connectivity index is 1.45. The van der Waals surface area contributed by atoms with Gasteiger partial charge in [0.25, 0.3) is 5.91 Å². The summed E-state index contributed by atoms with van der Waals surface area (Å²) in [5.41, 5.74) is 0.371. The number of amides is 2. The van der Waals surface area contributed by atoms with E-state index in [1.807, 2.05) is 0 Å². The monoisotopic (exact) mass is 419 g/mol. The van der Waals surface area contributed by atoms with E-state index < -0.39 is 17.6 Å². The number of carbonyl (C=O) groups is 2. The average molecular weight is 419 g/mol. The van der Waals surface area contributed by atoms with Crippen LogP contribution in [0.1, 0.15) is 29.9 Å². The molecule has 2 aromatic rings. The highest BCUT2D eigenvalue weighted by atomic mass is 19.4. The van der Waals surface area contributed by atoms with E-state index in [0.717, 1.165) is 17.1 Å². The van der Waals surface area contributed by atoms with Crippen LogP contribution < -0.4 is 5.01 Å². The smallest absolute Gasteiger partial charge is 0.336 e. The molecule has 2 aromatic carbocycles. The van der Waals surface area contributed by atoms with Gasteiger partial charge in [-0.2, -0.15) is 18.3 Å². The summed E-state index contributed by atoms with van der Waals surface area (Å²) in [6, 6.07) is 10.3. The largest absolute Gasteiger partial charge is 0.416 e. The lowest BCUT2D eigenvalue weighted by atomic mass is 9.89. The first-order valence-corrected chi connectivity index (χ1v) is 9.35. The van der Waals surface area contributed by atoms with Crippen LogP contribution in [0.4, 0.5) is 23.2 Å². The second-order valence-electron chi connectivity index (χ2n) is 7.26. The Morgan fingerprint density at radius 3 is 2.40 bits per heavy atom. The van der Waals surface area contributed by atoms with Crippen molar-refractivity contribution < 1.29 is 27.2 Å². The zero-order valence-electron chi connectivity index (χ0n) is 15.7. The summed E-state index contributed by atoms with van der Waals surface area (Å²) in [7, 11) is 0. The van der Waals surface area contributed by atoms with Gasteiger partial charge >= 0.3 is 6.18 Å². The van der Waals surface area contributed by atoms with Crippen molar-refractivity contribution in [3.8, 4) is 0 Å². The molecule has 0 unspecified atom stereocenters. The third-order valence-corrected chi connectivity index (χ3v) is 5.20. The van der Waals surface area contributed by atoms with E-state index in [9.17, 15) is 27.2 Å². The zero-order chi connectivity index (χ0) is 21.5. The maximum atomic E-state index is 13.1. The van der Waals surface area contributed by atoms with Gasteiger partial charge in [0.05, 0.1) is 11.3 Å². The van der Waals surface area contributed by atoms with Crippen LogP contribution in [0, 0.1) is 5.82 Å². The minimum Gasteiger partial charge on any atom is -0.336 e. The minimum absolute atomic E-state index is 0.0901. The van der Waals surface area contributed by atoms with Crippen molar-refractivity contribution in [2.75, 3.05) is 18.1 Å². The molecule has 9 heteroatoms. The molecule has 1 saturated heterocycles. The summed E-state index contributed by atoms with van der Waals surface area (Å²) in [5, 5.41) is 5.23. The number of halogens is 4. The van der Waals surface area contributed by atoms with Crippen molar-refractivity contribution in [2.24, 2.45) is 5.10 Å². The molecule has 0 spiro atoms. The second kappa shape index (κ2) is 7.55. The third kappa shape index (κ3) is 3.92. The molecule has 2 heterocycles. The molecule has 4 rings (SSSR count). The Hall–Kier alpha value is -3.23. The molecule has 0 aliphatic carbocycles. The molecule has 2 amide bonds. The van der Waals surface area contributed by atoms with Gasteiger partial charge in [0.2, 0.25) is 5.91 Å². The first kappa shape index (κ1) is 20.1. The summed E-state index contributed by atoms with van der Waals surface area (Å²) in [6.45, 7) is 0.563. The van der Waals surface area contributed by atoms with Crippen molar-refractivity contribution in [1.29, 1.82) is 0 Å². The van der Waals surface area contributed by atoms with Crippen LogP contribution in [0.25, 0.3) is 0 Å². The number of benzene rings is 2. The van der Waals surface area contributed by atoms with E-state index >= 15 is 0 Å². The lowest BCUT2D eigenvalue weighted by molar-refractivity contribution is -0.138. The number of hydrogen-bond donors (Lipinski definition) is 0. The summed E-state index contributed by atoms with van der Waals surface area (Å²) in [6.07, 6.45) is -4.14. The first-order chi connectivity index (χ1) is 14.2. The quantitative estimate of drug-likeness (QED) is 0.708. The van der Waals surface area contributed by atoms with Gasteiger partial charge in [0.15, 0.2) is 0 Å². The highest BCUT2D eigenvalue weighted by Gasteiger charge is 2.37. The molecule has 0 atom stereocenters. The predicted octanol–water partition coefficient (Wildman–Crippen LogP) is 3.95. The lowest BCUT2D eigenvalue weighted by Gasteiger charge is -2.40. The van der Waals surface area contributed by atoms with E-state index in [-0.39, 0.29) is 49.4 Å². The average Bonchev–Trinajstić information content (AvgIpc) is 2.67. The number of nitrogens with zero attached hydrogens (tertiary/aromatic N) is 3. The first-order valence-electron chi connectivity index (χ1n) is 9.35. The number of hydrogen-bond acceptors (Lipinski definition) is 3. The molecule has 0 saturated carbocycles. The molecule has 2 aliphatic rings. The van der Waals surface area contributed by atoms with Crippen LogP contribution in [-0.2, 0) is 15.8 Å². The maximum absolute atomic E-state index is 13.1. The molecule has 0 N–H and O–H groups in total. The number of alkyl halides is 3. The Kier molecular flexibility index (Phi) is 5.05. The highest BCUT2D eigenvalue weighted by Crippen LogP contribution is 2.34. The number of likely N-dealkylation sites (tertiary alicyclic amines) is 1. The van der Waals surface area contributed by atoms with E-state index in [0.29, 0.717) is 11.3 Å². The van der Waals surface area contributed by atoms with Crippen molar-refractivity contribution >= 4 is 23.2 Å². The summed E-state index contributed by atoms with van der Waals surface area (Å²) in [4.78, 5) is 26.4. The summed E-state index contributed by atoms with van der Waals surface area (Å²) in [5.74, 6) is -1.29. The fourth-order valence-corrected chi connectivity index (χ4v) is 3.50. The molecular weight excluding hydrogens is 402 g/mol. The van der Waals surface area contributed by atoms with Crippen LogP contribution in [0.2, 0.25) is 0 Å².